The average Bonchev–Trinajstić information content (AvgIpc) is 2.42. The summed E-state index contributed by atoms with van der Waals surface area (Å²) in [4.78, 5) is 24.2. The highest BCUT2D eigenvalue weighted by Gasteiger charge is 2.17. The van der Waals surface area contributed by atoms with E-state index in [1.807, 2.05) is 13.8 Å². The minimum Gasteiger partial charge on any atom is -0.484 e. The van der Waals surface area contributed by atoms with Crippen LogP contribution in [0.4, 0.5) is 4.39 Å². The summed E-state index contributed by atoms with van der Waals surface area (Å²) in [5.74, 6) is -1.06. The van der Waals surface area contributed by atoms with Gasteiger partial charge in [0.05, 0.1) is 0 Å². The number of rotatable bonds is 8. The van der Waals surface area contributed by atoms with Gasteiger partial charge in [0.1, 0.15) is 11.6 Å². The Hall–Kier alpha value is -2.11. The molecule has 0 heterocycles. The zero-order valence-corrected chi connectivity index (χ0v) is 12.2. The predicted octanol–water partition coefficient (Wildman–Crippen LogP) is 2.31. The van der Waals surface area contributed by atoms with Gasteiger partial charge in [0.25, 0.3) is 5.91 Å². The summed E-state index contributed by atoms with van der Waals surface area (Å²) in [6, 6.07) is 5.38. The molecule has 21 heavy (non-hydrogen) atoms. The van der Waals surface area contributed by atoms with E-state index in [0.29, 0.717) is 18.7 Å². The highest BCUT2D eigenvalue weighted by atomic mass is 19.1. The minimum atomic E-state index is -0.881. The van der Waals surface area contributed by atoms with E-state index >= 15 is 0 Å². The van der Waals surface area contributed by atoms with Gasteiger partial charge in [-0.1, -0.05) is 0 Å². The lowest BCUT2D eigenvalue weighted by Crippen LogP contribution is -2.40. The highest BCUT2D eigenvalue weighted by Crippen LogP contribution is 2.11. The van der Waals surface area contributed by atoms with E-state index < -0.39 is 5.97 Å². The van der Waals surface area contributed by atoms with Crippen LogP contribution in [0.3, 0.4) is 0 Å². The molecule has 0 aliphatic rings. The summed E-state index contributed by atoms with van der Waals surface area (Å²) < 4.78 is 18.1. The van der Waals surface area contributed by atoms with E-state index in [9.17, 15) is 14.0 Å². The highest BCUT2D eigenvalue weighted by molar-refractivity contribution is 5.78. The Morgan fingerprint density at radius 2 is 1.90 bits per heavy atom. The Morgan fingerprint density at radius 1 is 1.29 bits per heavy atom. The average molecular weight is 297 g/mol. The molecule has 1 aromatic rings. The molecule has 0 spiro atoms. The number of carbonyl (C=O) groups is 2. The van der Waals surface area contributed by atoms with Crippen LogP contribution in [-0.4, -0.2) is 41.1 Å². The van der Waals surface area contributed by atoms with Gasteiger partial charge in [-0.3, -0.25) is 9.59 Å². The van der Waals surface area contributed by atoms with Crippen LogP contribution >= 0.6 is 0 Å². The smallest absolute Gasteiger partial charge is 0.303 e. The third kappa shape index (κ3) is 6.25. The maximum absolute atomic E-state index is 12.7. The molecule has 1 rings (SSSR count). The van der Waals surface area contributed by atoms with Crippen LogP contribution in [0, 0.1) is 5.82 Å². The van der Waals surface area contributed by atoms with Gasteiger partial charge in [0, 0.05) is 19.0 Å². The number of halogens is 1. The van der Waals surface area contributed by atoms with Crippen LogP contribution < -0.4 is 4.74 Å². The summed E-state index contributed by atoms with van der Waals surface area (Å²) in [5.41, 5.74) is 0. The van der Waals surface area contributed by atoms with Gasteiger partial charge in [-0.05, 0) is 44.5 Å². The Balaban J connectivity index is 2.48. The summed E-state index contributed by atoms with van der Waals surface area (Å²) in [6.07, 6.45) is 0.422. The Bertz CT molecular complexity index is 473. The Kier molecular flexibility index (Phi) is 6.65. The van der Waals surface area contributed by atoms with Crippen molar-refractivity contribution in [1.82, 2.24) is 4.90 Å². The molecule has 0 unspecified atom stereocenters. The molecule has 6 heteroatoms. The van der Waals surface area contributed by atoms with E-state index in [1.165, 1.54) is 24.3 Å². The van der Waals surface area contributed by atoms with E-state index in [-0.39, 0.29) is 30.8 Å². The van der Waals surface area contributed by atoms with Crippen molar-refractivity contribution in [2.45, 2.75) is 32.7 Å². The molecule has 0 radical (unpaired) electrons. The van der Waals surface area contributed by atoms with Crippen molar-refractivity contribution in [2.24, 2.45) is 0 Å². The Labute approximate surface area is 123 Å². The van der Waals surface area contributed by atoms with E-state index in [1.54, 1.807) is 4.90 Å². The van der Waals surface area contributed by atoms with Crippen molar-refractivity contribution in [2.75, 3.05) is 13.2 Å². The third-order valence-corrected chi connectivity index (χ3v) is 2.91. The van der Waals surface area contributed by atoms with Crippen molar-refractivity contribution < 1.29 is 23.8 Å². The molecule has 1 amide bonds. The molecular formula is C15H20FNO4. The van der Waals surface area contributed by atoms with Crippen LogP contribution in [0.1, 0.15) is 26.7 Å². The molecule has 0 bridgehead atoms. The number of benzene rings is 1. The molecule has 1 aromatic carbocycles. The first kappa shape index (κ1) is 16.9. The third-order valence-electron chi connectivity index (χ3n) is 2.91. The fourth-order valence-corrected chi connectivity index (χ4v) is 1.83. The number of ether oxygens (including phenoxy) is 1. The maximum Gasteiger partial charge on any atom is 0.303 e. The number of amides is 1. The fourth-order valence-electron chi connectivity index (χ4n) is 1.83. The topological polar surface area (TPSA) is 66.8 Å². The lowest BCUT2D eigenvalue weighted by molar-refractivity contribution is -0.139. The predicted molar refractivity (Wildman–Crippen MR) is 75.6 cm³/mol. The SMILES string of the molecule is CC(C)N(CCCC(=O)O)C(=O)COc1ccc(F)cc1. The van der Waals surface area contributed by atoms with Crippen molar-refractivity contribution in [1.29, 1.82) is 0 Å². The number of carbonyl (C=O) groups excluding carboxylic acids is 1. The molecule has 5 nitrogen and oxygen atoms in total. The number of carboxylic acids is 1. The van der Waals surface area contributed by atoms with Crippen molar-refractivity contribution in [3.05, 3.63) is 30.1 Å². The first-order valence-electron chi connectivity index (χ1n) is 6.79. The number of nitrogens with zero attached hydrogens (tertiary/aromatic N) is 1. The van der Waals surface area contributed by atoms with Crippen LogP contribution in [-0.2, 0) is 9.59 Å². The van der Waals surface area contributed by atoms with E-state index in [0.717, 1.165) is 0 Å². The second-order valence-electron chi connectivity index (χ2n) is 4.92. The van der Waals surface area contributed by atoms with Crippen LogP contribution in [0.2, 0.25) is 0 Å². The summed E-state index contributed by atoms with van der Waals surface area (Å²) in [5, 5.41) is 8.62. The van der Waals surface area contributed by atoms with Crippen LogP contribution in [0.15, 0.2) is 24.3 Å². The molecule has 0 atom stereocenters. The number of hydrogen-bond acceptors (Lipinski definition) is 3. The number of aliphatic carboxylic acids is 1. The van der Waals surface area contributed by atoms with Crippen molar-refractivity contribution in [3.8, 4) is 5.75 Å². The molecule has 0 aliphatic carbocycles. The quantitative estimate of drug-likeness (QED) is 0.799. The molecule has 116 valence electrons. The molecule has 0 saturated heterocycles. The first-order valence-corrected chi connectivity index (χ1v) is 6.79. The van der Waals surface area contributed by atoms with Gasteiger partial charge in [-0.15, -0.1) is 0 Å². The van der Waals surface area contributed by atoms with Gasteiger partial charge in [0.15, 0.2) is 6.61 Å². The molecular weight excluding hydrogens is 277 g/mol. The second kappa shape index (κ2) is 8.24. The van der Waals surface area contributed by atoms with E-state index in [4.69, 9.17) is 9.84 Å². The van der Waals surface area contributed by atoms with Gasteiger partial charge in [0.2, 0.25) is 0 Å². The fraction of sp³-hybridized carbons (Fsp3) is 0.467. The van der Waals surface area contributed by atoms with Crippen molar-refractivity contribution in [3.63, 3.8) is 0 Å². The van der Waals surface area contributed by atoms with Crippen LogP contribution in [0.25, 0.3) is 0 Å². The summed E-state index contributed by atoms with van der Waals surface area (Å²) in [6.45, 7) is 3.93. The lowest BCUT2D eigenvalue weighted by Gasteiger charge is -2.26. The molecule has 0 aliphatic heterocycles. The minimum absolute atomic E-state index is 0.0231. The molecule has 0 saturated carbocycles. The Morgan fingerprint density at radius 3 is 2.43 bits per heavy atom. The second-order valence-corrected chi connectivity index (χ2v) is 4.92. The standard InChI is InChI=1S/C15H20FNO4/c1-11(2)17(9-3-4-15(19)20)14(18)10-21-13-7-5-12(16)6-8-13/h5-8,11H,3-4,9-10H2,1-2H3,(H,19,20). The molecule has 0 aromatic heterocycles. The monoisotopic (exact) mass is 297 g/mol. The van der Waals surface area contributed by atoms with Gasteiger partial charge in [-0.2, -0.15) is 0 Å². The zero-order chi connectivity index (χ0) is 15.8. The molecule has 1 N–H and O–H groups in total. The zero-order valence-electron chi connectivity index (χ0n) is 12.2. The van der Waals surface area contributed by atoms with Gasteiger partial charge in [-0.25, -0.2) is 4.39 Å². The largest absolute Gasteiger partial charge is 0.484 e. The van der Waals surface area contributed by atoms with Gasteiger partial charge >= 0.3 is 5.97 Å². The number of carboxylic acid groups (broad SMARTS) is 1. The summed E-state index contributed by atoms with van der Waals surface area (Å²) >= 11 is 0. The van der Waals surface area contributed by atoms with E-state index in [2.05, 4.69) is 0 Å². The molecule has 0 fully saturated rings. The maximum atomic E-state index is 12.7. The van der Waals surface area contributed by atoms with Crippen molar-refractivity contribution >= 4 is 11.9 Å². The summed E-state index contributed by atoms with van der Waals surface area (Å²) in [7, 11) is 0. The number of hydrogen-bond donors (Lipinski definition) is 1. The normalized spacial score (nSPS) is 10.5. The van der Waals surface area contributed by atoms with Gasteiger partial charge < -0.3 is 14.7 Å². The van der Waals surface area contributed by atoms with Crippen LogP contribution in [0.5, 0.6) is 5.75 Å². The lowest BCUT2D eigenvalue weighted by atomic mass is 10.2. The first-order chi connectivity index (χ1) is 9.90.